The molecule has 2 aromatic carbocycles. The predicted octanol–water partition coefficient (Wildman–Crippen LogP) is 4.10. The van der Waals surface area contributed by atoms with Crippen molar-refractivity contribution in [1.82, 2.24) is 4.98 Å². The van der Waals surface area contributed by atoms with Crippen LogP contribution in [0, 0.1) is 0 Å². The Hall–Kier alpha value is -2.99. The molecule has 0 atom stereocenters. The highest BCUT2D eigenvalue weighted by molar-refractivity contribution is 7.19. The van der Waals surface area contributed by atoms with Crippen LogP contribution in [0.3, 0.4) is 0 Å². The number of fused-ring (bicyclic) bond motifs is 1. The third-order valence-electron chi connectivity index (χ3n) is 3.61. The molecule has 0 aliphatic rings. The van der Waals surface area contributed by atoms with Crippen LogP contribution in [0.1, 0.15) is 27.3 Å². The first-order chi connectivity index (χ1) is 12.1. The number of carbonyl (C=O) groups is 2. The molecule has 0 aliphatic carbocycles. The van der Waals surface area contributed by atoms with Crippen LogP contribution in [0.25, 0.3) is 21.9 Å². The van der Waals surface area contributed by atoms with Gasteiger partial charge in [-0.2, -0.15) is 0 Å². The molecule has 0 unspecified atom stereocenters. The molecule has 6 heteroatoms. The molecule has 0 radical (unpaired) electrons. The van der Waals surface area contributed by atoms with Gasteiger partial charge >= 0.3 is 11.9 Å². The van der Waals surface area contributed by atoms with Gasteiger partial charge in [-0.15, -0.1) is 11.3 Å². The fraction of sp³-hybridized carbons (Fsp3) is 0.105. The van der Waals surface area contributed by atoms with Crippen LogP contribution < -0.4 is 0 Å². The normalized spacial score (nSPS) is 11.5. The molecule has 0 bridgehead atoms. The zero-order chi connectivity index (χ0) is 17.8. The maximum atomic E-state index is 11.9. The van der Waals surface area contributed by atoms with Crippen LogP contribution in [0.5, 0.6) is 0 Å². The van der Waals surface area contributed by atoms with Gasteiger partial charge in [-0.3, -0.25) is 4.79 Å². The zero-order valence-electron chi connectivity index (χ0n) is 13.4. The van der Waals surface area contributed by atoms with Gasteiger partial charge in [0.2, 0.25) is 0 Å². The summed E-state index contributed by atoms with van der Waals surface area (Å²) in [5.41, 5.74) is 2.35. The maximum Gasteiger partial charge on any atom is 0.338 e. The predicted molar refractivity (Wildman–Crippen MR) is 97.5 cm³/mol. The Bertz CT molecular complexity index is 941. The quantitative estimate of drug-likeness (QED) is 0.699. The Labute approximate surface area is 148 Å². The second kappa shape index (κ2) is 7.27. The highest BCUT2D eigenvalue weighted by atomic mass is 32.1. The van der Waals surface area contributed by atoms with Crippen molar-refractivity contribution in [1.29, 1.82) is 0 Å². The lowest BCUT2D eigenvalue weighted by Crippen LogP contribution is -2.04. The largest absolute Gasteiger partial charge is 0.481 e. The molecule has 3 aromatic rings. The van der Waals surface area contributed by atoms with Gasteiger partial charge in [0.15, 0.2) is 0 Å². The summed E-state index contributed by atoms with van der Waals surface area (Å²) in [5.74, 6) is -1.42. The first kappa shape index (κ1) is 16.9. The van der Waals surface area contributed by atoms with Gasteiger partial charge in [-0.05, 0) is 35.4 Å². The Morgan fingerprint density at radius 2 is 1.88 bits per heavy atom. The van der Waals surface area contributed by atoms with Crippen LogP contribution in [-0.4, -0.2) is 29.1 Å². The standard InChI is InChI=1S/C19H15NO4S/c1-24-19(23)14-7-3-2-6-12(14)10-13(11-17(21)22)18-20-15-8-4-5-9-16(15)25-18/h2-10H,11H2,1H3,(H,21,22). The van der Waals surface area contributed by atoms with E-state index in [-0.39, 0.29) is 6.42 Å². The summed E-state index contributed by atoms with van der Waals surface area (Å²) in [4.78, 5) is 27.8. The fourth-order valence-electron chi connectivity index (χ4n) is 2.47. The number of aromatic nitrogens is 1. The fourth-order valence-corrected chi connectivity index (χ4v) is 3.45. The van der Waals surface area contributed by atoms with E-state index in [2.05, 4.69) is 4.98 Å². The number of para-hydroxylation sites is 1. The molecule has 0 aliphatic heterocycles. The molecule has 0 saturated heterocycles. The average Bonchev–Trinajstić information content (AvgIpc) is 3.04. The van der Waals surface area contributed by atoms with Gasteiger partial charge in [-0.25, -0.2) is 9.78 Å². The van der Waals surface area contributed by atoms with Crippen LogP contribution in [0.2, 0.25) is 0 Å². The third-order valence-corrected chi connectivity index (χ3v) is 4.72. The Kier molecular flexibility index (Phi) is 4.90. The lowest BCUT2D eigenvalue weighted by Gasteiger charge is -2.06. The van der Waals surface area contributed by atoms with Crippen molar-refractivity contribution in [3.8, 4) is 0 Å². The van der Waals surface area contributed by atoms with Gasteiger partial charge in [0.1, 0.15) is 5.01 Å². The number of rotatable bonds is 5. The molecule has 1 N–H and O–H groups in total. The Morgan fingerprint density at radius 3 is 2.60 bits per heavy atom. The van der Waals surface area contributed by atoms with Crippen molar-refractivity contribution in [2.75, 3.05) is 7.11 Å². The number of nitrogens with zero attached hydrogens (tertiary/aromatic N) is 1. The number of thiazole rings is 1. The minimum absolute atomic E-state index is 0.185. The van der Waals surface area contributed by atoms with Crippen molar-refractivity contribution >= 4 is 45.1 Å². The number of carboxylic acid groups (broad SMARTS) is 1. The van der Waals surface area contributed by atoms with Crippen LogP contribution in [0.15, 0.2) is 48.5 Å². The molecule has 1 aromatic heterocycles. The van der Waals surface area contributed by atoms with Crippen molar-refractivity contribution in [2.24, 2.45) is 0 Å². The molecular weight excluding hydrogens is 338 g/mol. The molecule has 3 rings (SSSR count). The molecule has 0 spiro atoms. The molecule has 1 heterocycles. The van der Waals surface area contributed by atoms with Gasteiger partial charge in [-0.1, -0.05) is 30.3 Å². The summed E-state index contributed by atoms with van der Waals surface area (Å²) in [6.45, 7) is 0. The molecular formula is C19H15NO4S. The molecule has 25 heavy (non-hydrogen) atoms. The van der Waals surface area contributed by atoms with Crippen molar-refractivity contribution in [3.63, 3.8) is 0 Å². The van der Waals surface area contributed by atoms with E-state index >= 15 is 0 Å². The maximum absolute atomic E-state index is 11.9. The molecule has 0 saturated carbocycles. The Morgan fingerprint density at radius 1 is 1.16 bits per heavy atom. The SMILES string of the molecule is COC(=O)c1ccccc1C=C(CC(=O)O)c1nc2ccccc2s1. The zero-order valence-corrected chi connectivity index (χ0v) is 14.2. The van der Waals surface area contributed by atoms with E-state index in [0.29, 0.717) is 21.7 Å². The topological polar surface area (TPSA) is 76.5 Å². The van der Waals surface area contributed by atoms with E-state index in [1.807, 2.05) is 24.3 Å². The van der Waals surface area contributed by atoms with Crippen molar-refractivity contribution in [2.45, 2.75) is 6.42 Å². The second-order valence-corrected chi connectivity index (χ2v) is 6.34. The number of methoxy groups -OCH3 is 1. The van der Waals surface area contributed by atoms with E-state index in [9.17, 15) is 14.7 Å². The highest BCUT2D eigenvalue weighted by Crippen LogP contribution is 2.30. The number of carboxylic acids is 1. The second-order valence-electron chi connectivity index (χ2n) is 5.31. The lowest BCUT2D eigenvalue weighted by molar-refractivity contribution is -0.135. The number of hydrogen-bond donors (Lipinski definition) is 1. The number of ether oxygens (including phenoxy) is 1. The summed E-state index contributed by atoms with van der Waals surface area (Å²) >= 11 is 1.43. The highest BCUT2D eigenvalue weighted by Gasteiger charge is 2.15. The minimum atomic E-state index is -0.957. The lowest BCUT2D eigenvalue weighted by atomic mass is 10.0. The smallest absolute Gasteiger partial charge is 0.338 e. The van der Waals surface area contributed by atoms with Gasteiger partial charge in [0.25, 0.3) is 0 Å². The van der Waals surface area contributed by atoms with E-state index in [4.69, 9.17) is 4.74 Å². The molecule has 126 valence electrons. The first-order valence-electron chi connectivity index (χ1n) is 7.54. The number of hydrogen-bond acceptors (Lipinski definition) is 5. The number of carbonyl (C=O) groups excluding carboxylic acids is 1. The van der Waals surface area contributed by atoms with Crippen LogP contribution in [0.4, 0.5) is 0 Å². The van der Waals surface area contributed by atoms with E-state index in [0.717, 1.165) is 10.2 Å². The number of esters is 1. The van der Waals surface area contributed by atoms with E-state index in [1.54, 1.807) is 30.3 Å². The monoisotopic (exact) mass is 353 g/mol. The van der Waals surface area contributed by atoms with Crippen molar-refractivity contribution < 1.29 is 19.4 Å². The number of benzene rings is 2. The molecule has 0 fully saturated rings. The average molecular weight is 353 g/mol. The Balaban J connectivity index is 2.11. The first-order valence-corrected chi connectivity index (χ1v) is 8.36. The summed E-state index contributed by atoms with van der Waals surface area (Å²) in [6.07, 6.45) is 1.51. The van der Waals surface area contributed by atoms with Crippen LogP contribution in [-0.2, 0) is 9.53 Å². The van der Waals surface area contributed by atoms with Gasteiger partial charge in [0, 0.05) is 0 Å². The third kappa shape index (κ3) is 3.75. The van der Waals surface area contributed by atoms with E-state index < -0.39 is 11.9 Å². The van der Waals surface area contributed by atoms with Crippen LogP contribution >= 0.6 is 11.3 Å². The summed E-state index contributed by atoms with van der Waals surface area (Å²) in [6, 6.07) is 14.5. The van der Waals surface area contributed by atoms with Crippen molar-refractivity contribution in [3.05, 3.63) is 64.7 Å². The summed E-state index contributed by atoms with van der Waals surface area (Å²) < 4.78 is 5.78. The molecule has 0 amide bonds. The summed E-state index contributed by atoms with van der Waals surface area (Å²) in [5, 5.41) is 9.90. The summed E-state index contributed by atoms with van der Waals surface area (Å²) in [7, 11) is 1.31. The van der Waals surface area contributed by atoms with Gasteiger partial charge < -0.3 is 9.84 Å². The minimum Gasteiger partial charge on any atom is -0.481 e. The molecule has 5 nitrogen and oxygen atoms in total. The van der Waals surface area contributed by atoms with E-state index in [1.165, 1.54) is 18.4 Å². The van der Waals surface area contributed by atoms with Gasteiger partial charge in [0.05, 0.1) is 29.3 Å². The number of aliphatic carboxylic acids is 1.